The number of nitrogens with zero attached hydrogens (tertiary/aromatic N) is 2. The summed E-state index contributed by atoms with van der Waals surface area (Å²) in [6.07, 6.45) is 1.31. The van der Waals surface area contributed by atoms with Crippen LogP contribution in [0.15, 0.2) is 4.99 Å². The average molecular weight is 269 g/mol. The lowest BCUT2D eigenvalue weighted by Crippen LogP contribution is -2.42. The molecule has 0 aliphatic carbocycles. The predicted octanol–water partition coefficient (Wildman–Crippen LogP) is 0.851. The van der Waals surface area contributed by atoms with E-state index in [0.717, 1.165) is 17.3 Å². The molecule has 6 heteroatoms. The van der Waals surface area contributed by atoms with E-state index in [-0.39, 0.29) is 18.2 Å². The molecule has 2 saturated heterocycles. The van der Waals surface area contributed by atoms with E-state index >= 15 is 0 Å². The van der Waals surface area contributed by atoms with E-state index in [9.17, 15) is 9.59 Å². The molecule has 2 unspecified atom stereocenters. The number of amidine groups is 1. The van der Waals surface area contributed by atoms with Gasteiger partial charge < -0.3 is 5.32 Å². The van der Waals surface area contributed by atoms with Gasteiger partial charge in [-0.15, -0.1) is 0 Å². The third-order valence-corrected chi connectivity index (χ3v) is 4.35. The zero-order valence-electron chi connectivity index (χ0n) is 11.0. The molecule has 0 radical (unpaired) electrons. The quantitative estimate of drug-likeness (QED) is 0.755. The second-order valence-electron chi connectivity index (χ2n) is 5.08. The number of hydrogen-bond donors (Lipinski definition) is 1. The molecule has 2 aliphatic rings. The van der Waals surface area contributed by atoms with Crippen LogP contribution in [0.1, 0.15) is 26.7 Å². The molecule has 2 amide bonds. The summed E-state index contributed by atoms with van der Waals surface area (Å²) in [4.78, 5) is 28.8. The molecule has 18 heavy (non-hydrogen) atoms. The van der Waals surface area contributed by atoms with E-state index in [1.807, 2.05) is 0 Å². The molecule has 5 nitrogen and oxygen atoms in total. The van der Waals surface area contributed by atoms with Gasteiger partial charge in [0.25, 0.3) is 5.91 Å². The molecular formula is C12H19N3O2S. The minimum atomic E-state index is -0.525. The van der Waals surface area contributed by atoms with Crippen molar-refractivity contribution in [2.24, 2.45) is 10.9 Å². The van der Waals surface area contributed by atoms with Crippen LogP contribution >= 0.6 is 11.8 Å². The van der Waals surface area contributed by atoms with Crippen molar-refractivity contribution in [1.29, 1.82) is 0 Å². The van der Waals surface area contributed by atoms with Crippen LogP contribution in [0.3, 0.4) is 0 Å². The molecule has 2 aliphatic heterocycles. The summed E-state index contributed by atoms with van der Waals surface area (Å²) in [6, 6.07) is -0.113. The first-order chi connectivity index (χ1) is 8.49. The van der Waals surface area contributed by atoms with Crippen molar-refractivity contribution >= 4 is 28.7 Å². The number of imide groups is 1. The Kier molecular flexibility index (Phi) is 3.94. The number of carbonyl (C=O) groups is 2. The SMILES string of the molecule is CC(C)C1CCSC(=NC2CC(=O)N(C)C2=O)N1. The van der Waals surface area contributed by atoms with Crippen LogP contribution in [0.5, 0.6) is 0 Å². The Labute approximate surface area is 111 Å². The molecule has 0 aromatic rings. The van der Waals surface area contributed by atoms with Gasteiger partial charge in [0.05, 0.1) is 6.42 Å². The Hall–Kier alpha value is -1.04. The minimum Gasteiger partial charge on any atom is -0.362 e. The third-order valence-electron chi connectivity index (χ3n) is 3.41. The summed E-state index contributed by atoms with van der Waals surface area (Å²) < 4.78 is 0. The number of thioether (sulfide) groups is 1. The van der Waals surface area contributed by atoms with Crippen LogP contribution in [0.2, 0.25) is 0 Å². The normalized spacial score (nSPS) is 31.3. The summed E-state index contributed by atoms with van der Waals surface area (Å²) in [7, 11) is 1.52. The van der Waals surface area contributed by atoms with E-state index < -0.39 is 6.04 Å². The molecule has 0 aromatic heterocycles. The fourth-order valence-electron chi connectivity index (χ4n) is 2.11. The Morgan fingerprint density at radius 2 is 2.17 bits per heavy atom. The minimum absolute atomic E-state index is 0.143. The fraction of sp³-hybridized carbons (Fsp3) is 0.750. The van der Waals surface area contributed by atoms with E-state index in [0.29, 0.717) is 12.0 Å². The predicted molar refractivity (Wildman–Crippen MR) is 72.5 cm³/mol. The van der Waals surface area contributed by atoms with E-state index in [4.69, 9.17) is 0 Å². The number of likely N-dealkylation sites (tertiary alicyclic amines) is 1. The molecule has 100 valence electrons. The molecule has 0 aromatic carbocycles. The first kappa shape index (κ1) is 13.4. The average Bonchev–Trinajstić information content (AvgIpc) is 2.57. The zero-order valence-corrected chi connectivity index (χ0v) is 11.8. The van der Waals surface area contributed by atoms with Gasteiger partial charge in [0.1, 0.15) is 6.04 Å². The number of hydrogen-bond acceptors (Lipinski definition) is 4. The number of carbonyl (C=O) groups excluding carboxylic acids is 2. The molecule has 1 N–H and O–H groups in total. The summed E-state index contributed by atoms with van der Waals surface area (Å²) in [5.41, 5.74) is 0. The number of nitrogens with one attached hydrogen (secondary N) is 1. The van der Waals surface area contributed by atoms with Gasteiger partial charge in [0, 0.05) is 18.8 Å². The lowest BCUT2D eigenvalue weighted by molar-refractivity contribution is -0.136. The number of aliphatic imine (C=N–C) groups is 1. The maximum Gasteiger partial charge on any atom is 0.254 e. The van der Waals surface area contributed by atoms with Crippen LogP contribution in [0.4, 0.5) is 0 Å². The van der Waals surface area contributed by atoms with Crippen molar-refractivity contribution in [2.45, 2.75) is 38.8 Å². The van der Waals surface area contributed by atoms with Crippen molar-refractivity contribution in [3.63, 3.8) is 0 Å². The van der Waals surface area contributed by atoms with Crippen LogP contribution in [0.25, 0.3) is 0 Å². The highest BCUT2D eigenvalue weighted by molar-refractivity contribution is 8.13. The zero-order chi connectivity index (χ0) is 13.3. The lowest BCUT2D eigenvalue weighted by atomic mass is 10.0. The van der Waals surface area contributed by atoms with Gasteiger partial charge in [-0.1, -0.05) is 25.6 Å². The molecular weight excluding hydrogens is 250 g/mol. The summed E-state index contributed by atoms with van der Waals surface area (Å²) in [6.45, 7) is 4.34. The number of rotatable bonds is 2. The molecule has 2 atom stereocenters. The standard InChI is InChI=1S/C12H19N3O2S/c1-7(2)8-4-5-18-12(13-8)14-9-6-10(16)15(3)11(9)17/h7-9H,4-6H2,1-3H3,(H,13,14). The number of likely N-dealkylation sites (N-methyl/N-ethyl adjacent to an activating group) is 1. The van der Waals surface area contributed by atoms with Crippen molar-refractivity contribution < 1.29 is 9.59 Å². The highest BCUT2D eigenvalue weighted by atomic mass is 32.2. The van der Waals surface area contributed by atoms with Crippen LogP contribution in [-0.2, 0) is 9.59 Å². The summed E-state index contributed by atoms with van der Waals surface area (Å²) >= 11 is 1.63. The smallest absolute Gasteiger partial charge is 0.254 e. The van der Waals surface area contributed by atoms with E-state index in [1.165, 1.54) is 11.9 Å². The third kappa shape index (κ3) is 2.68. The van der Waals surface area contributed by atoms with Crippen molar-refractivity contribution in [1.82, 2.24) is 10.2 Å². The number of amides is 2. The van der Waals surface area contributed by atoms with Gasteiger partial charge in [0.2, 0.25) is 5.91 Å². The lowest BCUT2D eigenvalue weighted by Gasteiger charge is -2.28. The van der Waals surface area contributed by atoms with Gasteiger partial charge in [-0.25, -0.2) is 4.99 Å². The Morgan fingerprint density at radius 3 is 2.72 bits per heavy atom. The fourth-order valence-corrected chi connectivity index (χ4v) is 3.11. The maximum absolute atomic E-state index is 11.8. The second-order valence-corrected chi connectivity index (χ2v) is 6.16. The first-order valence-corrected chi connectivity index (χ1v) is 7.25. The van der Waals surface area contributed by atoms with Crippen LogP contribution in [0, 0.1) is 5.92 Å². The van der Waals surface area contributed by atoms with E-state index in [1.54, 1.807) is 11.8 Å². The second kappa shape index (κ2) is 5.30. The molecule has 0 saturated carbocycles. The summed E-state index contributed by atoms with van der Waals surface area (Å²) in [5, 5.41) is 4.17. The molecule has 0 spiro atoms. The highest BCUT2D eigenvalue weighted by Crippen LogP contribution is 2.21. The van der Waals surface area contributed by atoms with Gasteiger partial charge in [-0.05, 0) is 12.3 Å². The highest BCUT2D eigenvalue weighted by Gasteiger charge is 2.36. The Balaban J connectivity index is 2.05. The summed E-state index contributed by atoms with van der Waals surface area (Å²) in [5.74, 6) is 1.22. The van der Waals surface area contributed by atoms with Crippen molar-refractivity contribution in [3.05, 3.63) is 0 Å². The maximum atomic E-state index is 11.8. The molecule has 2 heterocycles. The molecule has 0 bridgehead atoms. The Bertz CT molecular complexity index is 395. The van der Waals surface area contributed by atoms with E-state index in [2.05, 4.69) is 24.2 Å². The molecule has 2 rings (SSSR count). The Morgan fingerprint density at radius 1 is 1.44 bits per heavy atom. The largest absolute Gasteiger partial charge is 0.362 e. The van der Waals surface area contributed by atoms with Crippen LogP contribution < -0.4 is 5.32 Å². The monoisotopic (exact) mass is 269 g/mol. The van der Waals surface area contributed by atoms with Crippen molar-refractivity contribution in [3.8, 4) is 0 Å². The topological polar surface area (TPSA) is 61.8 Å². The molecule has 2 fully saturated rings. The van der Waals surface area contributed by atoms with Gasteiger partial charge in [-0.2, -0.15) is 0 Å². The van der Waals surface area contributed by atoms with Crippen molar-refractivity contribution in [2.75, 3.05) is 12.8 Å². The van der Waals surface area contributed by atoms with Gasteiger partial charge in [-0.3, -0.25) is 14.5 Å². The first-order valence-electron chi connectivity index (χ1n) is 6.26. The van der Waals surface area contributed by atoms with Crippen LogP contribution in [-0.4, -0.2) is 46.8 Å². The van der Waals surface area contributed by atoms with Gasteiger partial charge in [0.15, 0.2) is 5.17 Å². The van der Waals surface area contributed by atoms with Gasteiger partial charge >= 0.3 is 0 Å².